The quantitative estimate of drug-likeness (QED) is 0.239. The highest BCUT2D eigenvalue weighted by molar-refractivity contribution is 14.0. The largest absolute Gasteiger partial charge is 0.354 e. The van der Waals surface area contributed by atoms with Gasteiger partial charge in [-0.2, -0.15) is 0 Å². The third-order valence-electron chi connectivity index (χ3n) is 4.52. The van der Waals surface area contributed by atoms with E-state index in [-0.39, 0.29) is 29.9 Å². The summed E-state index contributed by atoms with van der Waals surface area (Å²) in [5, 5.41) is 9.73. The lowest BCUT2D eigenvalue weighted by molar-refractivity contribution is 0.0951. The van der Waals surface area contributed by atoms with Crippen LogP contribution in [-0.4, -0.2) is 57.0 Å². The molecule has 3 N–H and O–H groups in total. The maximum atomic E-state index is 12.3. The van der Waals surface area contributed by atoms with E-state index in [1.807, 2.05) is 43.3 Å². The second kappa shape index (κ2) is 15.5. The summed E-state index contributed by atoms with van der Waals surface area (Å²) < 4.78 is 0. The molecule has 1 atom stereocenters. The Hall–Kier alpha value is -1.35. The molecule has 0 fully saturated rings. The summed E-state index contributed by atoms with van der Waals surface area (Å²) in [4.78, 5) is 18.6. The van der Waals surface area contributed by atoms with E-state index in [9.17, 15) is 4.79 Å². The van der Waals surface area contributed by atoms with E-state index >= 15 is 0 Å². The molecule has 1 rings (SSSR count). The zero-order chi connectivity index (χ0) is 20.9. The van der Waals surface area contributed by atoms with Crippen LogP contribution in [0.25, 0.3) is 0 Å². The lowest BCUT2D eigenvalue weighted by Crippen LogP contribution is -2.41. The van der Waals surface area contributed by atoms with Crippen LogP contribution in [0.2, 0.25) is 0 Å². The van der Waals surface area contributed by atoms with E-state index in [0.29, 0.717) is 24.7 Å². The molecule has 1 amide bonds. The Bertz CT molecular complexity index is 619. The molecule has 29 heavy (non-hydrogen) atoms. The molecule has 0 saturated carbocycles. The molecule has 6 nitrogen and oxygen atoms in total. The van der Waals surface area contributed by atoms with E-state index < -0.39 is 0 Å². The van der Waals surface area contributed by atoms with Crippen LogP contribution >= 0.6 is 24.0 Å². The predicted molar refractivity (Wildman–Crippen MR) is 134 cm³/mol. The van der Waals surface area contributed by atoms with Gasteiger partial charge < -0.3 is 20.9 Å². The van der Waals surface area contributed by atoms with Crippen molar-refractivity contribution < 1.29 is 4.79 Å². The SMILES string of the molecule is CN=C(NCc1cccc(C(=O)NCCN(C)C)c1)NC(C)CCCC(C)C.I. The molecule has 0 aliphatic carbocycles. The van der Waals surface area contributed by atoms with Gasteiger partial charge in [-0.15, -0.1) is 24.0 Å². The number of amides is 1. The molecular formula is C22H40IN5O. The summed E-state index contributed by atoms with van der Waals surface area (Å²) in [6.07, 6.45) is 3.59. The number of hydrogen-bond donors (Lipinski definition) is 3. The zero-order valence-electron chi connectivity index (χ0n) is 18.9. The van der Waals surface area contributed by atoms with E-state index in [4.69, 9.17) is 0 Å². The Morgan fingerprint density at radius 2 is 1.86 bits per heavy atom. The first kappa shape index (κ1) is 27.6. The van der Waals surface area contributed by atoms with Crippen LogP contribution in [0.15, 0.2) is 29.3 Å². The second-order valence-corrected chi connectivity index (χ2v) is 8.06. The number of halogens is 1. The Labute approximate surface area is 194 Å². The minimum atomic E-state index is -0.0371. The van der Waals surface area contributed by atoms with Crippen molar-refractivity contribution in [2.24, 2.45) is 10.9 Å². The van der Waals surface area contributed by atoms with Crippen molar-refractivity contribution in [3.8, 4) is 0 Å². The fourth-order valence-electron chi connectivity index (χ4n) is 2.84. The molecule has 0 aliphatic heterocycles. The molecule has 0 radical (unpaired) electrons. The molecule has 0 heterocycles. The van der Waals surface area contributed by atoms with Crippen molar-refractivity contribution in [3.63, 3.8) is 0 Å². The molecule has 1 aromatic rings. The highest BCUT2D eigenvalue weighted by atomic mass is 127. The first-order valence-electron chi connectivity index (χ1n) is 10.3. The third-order valence-corrected chi connectivity index (χ3v) is 4.52. The Kier molecular flexibility index (Phi) is 14.8. The highest BCUT2D eigenvalue weighted by Gasteiger charge is 2.08. The van der Waals surface area contributed by atoms with Crippen LogP contribution in [0, 0.1) is 5.92 Å². The summed E-state index contributed by atoms with van der Waals surface area (Å²) in [5.74, 6) is 1.50. The molecular weight excluding hydrogens is 477 g/mol. The van der Waals surface area contributed by atoms with E-state index in [1.54, 1.807) is 7.05 Å². The molecule has 1 aromatic carbocycles. The first-order chi connectivity index (χ1) is 13.3. The van der Waals surface area contributed by atoms with Gasteiger partial charge >= 0.3 is 0 Å². The molecule has 7 heteroatoms. The van der Waals surface area contributed by atoms with Crippen LogP contribution < -0.4 is 16.0 Å². The monoisotopic (exact) mass is 517 g/mol. The minimum Gasteiger partial charge on any atom is -0.354 e. The van der Waals surface area contributed by atoms with Crippen molar-refractivity contribution in [1.29, 1.82) is 0 Å². The molecule has 0 aromatic heterocycles. The minimum absolute atomic E-state index is 0. The van der Waals surface area contributed by atoms with Gasteiger partial charge in [0.15, 0.2) is 5.96 Å². The van der Waals surface area contributed by atoms with E-state index in [2.05, 4.69) is 41.7 Å². The van der Waals surface area contributed by atoms with Crippen molar-refractivity contribution in [2.45, 2.75) is 52.6 Å². The number of carbonyl (C=O) groups is 1. The Balaban J connectivity index is 0.00000784. The molecule has 0 aliphatic rings. The van der Waals surface area contributed by atoms with Crippen molar-refractivity contribution in [2.75, 3.05) is 34.2 Å². The summed E-state index contributed by atoms with van der Waals surface area (Å²) in [5.41, 5.74) is 1.73. The molecule has 0 bridgehead atoms. The van der Waals surface area contributed by atoms with Crippen LogP contribution in [0.5, 0.6) is 0 Å². The standard InChI is InChI=1S/C22H39N5O.HI/c1-17(2)9-7-10-18(3)26-22(23-4)25-16-19-11-8-12-20(15-19)21(28)24-13-14-27(5)6;/h8,11-12,15,17-18H,7,9-10,13-14,16H2,1-6H3,(H,24,28)(H2,23,25,26);1H. The molecule has 0 saturated heterocycles. The van der Waals surface area contributed by atoms with Gasteiger partial charge in [-0.25, -0.2) is 0 Å². The van der Waals surface area contributed by atoms with Gasteiger partial charge in [-0.3, -0.25) is 9.79 Å². The smallest absolute Gasteiger partial charge is 0.251 e. The molecule has 166 valence electrons. The van der Waals surface area contributed by atoms with Crippen LogP contribution in [0.3, 0.4) is 0 Å². The maximum absolute atomic E-state index is 12.3. The zero-order valence-corrected chi connectivity index (χ0v) is 21.2. The van der Waals surface area contributed by atoms with Gasteiger partial charge in [0, 0.05) is 38.3 Å². The number of aliphatic imine (C=N–C) groups is 1. The normalized spacial score (nSPS) is 12.5. The number of benzene rings is 1. The molecule has 1 unspecified atom stereocenters. The topological polar surface area (TPSA) is 68.8 Å². The van der Waals surface area contributed by atoms with Crippen LogP contribution in [-0.2, 0) is 6.54 Å². The average molecular weight is 518 g/mol. The maximum Gasteiger partial charge on any atom is 0.251 e. The van der Waals surface area contributed by atoms with Gasteiger partial charge in [0.2, 0.25) is 0 Å². The van der Waals surface area contributed by atoms with E-state index in [1.165, 1.54) is 12.8 Å². The Morgan fingerprint density at radius 3 is 2.48 bits per heavy atom. The number of hydrogen-bond acceptors (Lipinski definition) is 3. The lowest BCUT2D eigenvalue weighted by atomic mass is 10.0. The number of guanidine groups is 1. The fourth-order valence-corrected chi connectivity index (χ4v) is 2.84. The predicted octanol–water partition coefficient (Wildman–Crippen LogP) is 3.48. The fraction of sp³-hybridized carbons (Fsp3) is 0.636. The van der Waals surface area contributed by atoms with Gasteiger partial charge in [0.05, 0.1) is 0 Å². The van der Waals surface area contributed by atoms with Gasteiger partial charge in [0.25, 0.3) is 5.91 Å². The van der Waals surface area contributed by atoms with Crippen molar-refractivity contribution in [3.05, 3.63) is 35.4 Å². The highest BCUT2D eigenvalue weighted by Crippen LogP contribution is 2.08. The van der Waals surface area contributed by atoms with Crippen LogP contribution in [0.1, 0.15) is 56.0 Å². The first-order valence-corrected chi connectivity index (χ1v) is 10.3. The summed E-state index contributed by atoms with van der Waals surface area (Å²) in [6.45, 7) is 8.79. The summed E-state index contributed by atoms with van der Waals surface area (Å²) in [7, 11) is 5.76. The Morgan fingerprint density at radius 1 is 1.14 bits per heavy atom. The third kappa shape index (κ3) is 12.7. The van der Waals surface area contributed by atoms with Gasteiger partial charge in [-0.05, 0) is 51.1 Å². The summed E-state index contributed by atoms with van der Waals surface area (Å²) >= 11 is 0. The number of rotatable bonds is 11. The van der Waals surface area contributed by atoms with Crippen LogP contribution in [0.4, 0.5) is 0 Å². The number of nitrogens with zero attached hydrogens (tertiary/aromatic N) is 2. The lowest BCUT2D eigenvalue weighted by Gasteiger charge is -2.18. The van der Waals surface area contributed by atoms with E-state index in [0.717, 1.165) is 30.4 Å². The number of nitrogens with one attached hydrogen (secondary N) is 3. The van der Waals surface area contributed by atoms with Gasteiger partial charge in [-0.1, -0.05) is 38.8 Å². The second-order valence-electron chi connectivity index (χ2n) is 8.06. The average Bonchev–Trinajstić information content (AvgIpc) is 2.64. The van der Waals surface area contributed by atoms with Gasteiger partial charge in [0.1, 0.15) is 0 Å². The number of likely N-dealkylation sites (N-methyl/N-ethyl adjacent to an activating group) is 1. The molecule has 0 spiro atoms. The van der Waals surface area contributed by atoms with Crippen molar-refractivity contribution in [1.82, 2.24) is 20.9 Å². The summed E-state index contributed by atoms with van der Waals surface area (Å²) in [6, 6.07) is 8.08. The van der Waals surface area contributed by atoms with Crippen molar-refractivity contribution >= 4 is 35.8 Å². The number of carbonyl (C=O) groups excluding carboxylic acids is 1.